The van der Waals surface area contributed by atoms with Crippen LogP contribution in [-0.2, 0) is 12.8 Å². The van der Waals surface area contributed by atoms with Crippen LogP contribution in [0.25, 0.3) is 0 Å². The fourth-order valence-electron chi connectivity index (χ4n) is 2.23. The van der Waals surface area contributed by atoms with E-state index in [-0.39, 0.29) is 0 Å². The molecule has 0 saturated carbocycles. The molecule has 0 unspecified atom stereocenters. The molecule has 0 amide bonds. The summed E-state index contributed by atoms with van der Waals surface area (Å²) in [6, 6.07) is 6.52. The lowest BCUT2D eigenvalue weighted by atomic mass is 10.0. The highest BCUT2D eigenvalue weighted by Crippen LogP contribution is 2.19. The number of halogens is 1. The maximum atomic E-state index is 5.95. The van der Waals surface area contributed by atoms with Crippen molar-refractivity contribution in [2.75, 3.05) is 5.73 Å². The second-order valence-electron chi connectivity index (χ2n) is 4.81. The number of nitrogens with zero attached hydrogens (tertiary/aromatic N) is 2. The van der Waals surface area contributed by atoms with Crippen molar-refractivity contribution in [3.63, 3.8) is 0 Å². The van der Waals surface area contributed by atoms with Gasteiger partial charge in [-0.15, -0.1) is 0 Å². The number of anilines is 1. The van der Waals surface area contributed by atoms with Gasteiger partial charge in [0.2, 0.25) is 0 Å². The molecule has 1 aromatic heterocycles. The van der Waals surface area contributed by atoms with Crippen LogP contribution in [0.1, 0.15) is 35.1 Å². The van der Waals surface area contributed by atoms with Crippen molar-refractivity contribution in [2.45, 2.75) is 33.6 Å². The first kappa shape index (κ1) is 14.2. The largest absolute Gasteiger partial charge is 0.383 e. The molecular formula is C15H18IN3. The van der Waals surface area contributed by atoms with Gasteiger partial charge in [-0.05, 0) is 48.4 Å². The Balaban J connectivity index is 2.35. The van der Waals surface area contributed by atoms with Gasteiger partial charge < -0.3 is 5.73 Å². The molecule has 0 aliphatic rings. The molecule has 3 nitrogen and oxygen atoms in total. The molecular weight excluding hydrogens is 349 g/mol. The third-order valence-electron chi connectivity index (χ3n) is 2.97. The molecule has 0 fully saturated rings. The highest BCUT2D eigenvalue weighted by molar-refractivity contribution is 14.1. The van der Waals surface area contributed by atoms with Crippen LogP contribution in [0.15, 0.2) is 18.2 Å². The maximum Gasteiger partial charge on any atom is 0.140 e. The summed E-state index contributed by atoms with van der Waals surface area (Å²) in [6.07, 6.45) is 1.61. The van der Waals surface area contributed by atoms with Gasteiger partial charge in [0.25, 0.3) is 0 Å². The van der Waals surface area contributed by atoms with Crippen molar-refractivity contribution in [3.05, 3.63) is 50.0 Å². The van der Waals surface area contributed by atoms with Crippen LogP contribution >= 0.6 is 22.6 Å². The van der Waals surface area contributed by atoms with Crippen LogP contribution in [0.2, 0.25) is 0 Å². The molecule has 0 bridgehead atoms. The summed E-state index contributed by atoms with van der Waals surface area (Å²) in [5.74, 6) is 1.39. The minimum Gasteiger partial charge on any atom is -0.383 e. The average Bonchev–Trinajstić information content (AvgIpc) is 2.32. The van der Waals surface area contributed by atoms with Crippen LogP contribution in [-0.4, -0.2) is 9.97 Å². The summed E-state index contributed by atoms with van der Waals surface area (Å²) >= 11 is 2.21. The third-order valence-corrected chi connectivity index (χ3v) is 4.15. The lowest BCUT2D eigenvalue weighted by Gasteiger charge is -2.08. The van der Waals surface area contributed by atoms with Crippen molar-refractivity contribution in [1.82, 2.24) is 9.97 Å². The Labute approximate surface area is 127 Å². The zero-order chi connectivity index (χ0) is 14.0. The Morgan fingerprint density at radius 3 is 2.32 bits per heavy atom. The van der Waals surface area contributed by atoms with Crippen LogP contribution in [0.5, 0.6) is 0 Å². The Kier molecular flexibility index (Phi) is 4.39. The van der Waals surface area contributed by atoms with E-state index >= 15 is 0 Å². The Hall–Kier alpha value is -1.17. The maximum absolute atomic E-state index is 5.95. The second-order valence-corrected chi connectivity index (χ2v) is 5.89. The SMILES string of the molecule is CCc1nc(Cc2cc(C)cc(C)c2)nc(N)c1I. The topological polar surface area (TPSA) is 51.8 Å². The molecule has 4 heteroatoms. The molecule has 0 spiro atoms. The normalized spacial score (nSPS) is 10.7. The van der Waals surface area contributed by atoms with Crippen molar-refractivity contribution in [1.29, 1.82) is 0 Å². The third kappa shape index (κ3) is 3.43. The van der Waals surface area contributed by atoms with Crippen molar-refractivity contribution in [2.24, 2.45) is 0 Å². The number of aromatic nitrogens is 2. The van der Waals surface area contributed by atoms with E-state index < -0.39 is 0 Å². The van der Waals surface area contributed by atoms with E-state index in [1.807, 2.05) is 0 Å². The number of benzene rings is 1. The van der Waals surface area contributed by atoms with Crippen molar-refractivity contribution < 1.29 is 0 Å². The molecule has 2 aromatic rings. The van der Waals surface area contributed by atoms with Crippen LogP contribution in [0.4, 0.5) is 5.82 Å². The standard InChI is InChI=1S/C15H18IN3/c1-4-12-14(16)15(17)19-13(18-12)8-11-6-9(2)5-10(3)7-11/h5-7H,4,8H2,1-3H3,(H2,17,18,19). The molecule has 2 N–H and O–H groups in total. The monoisotopic (exact) mass is 367 g/mol. The summed E-state index contributed by atoms with van der Waals surface area (Å²) in [7, 11) is 0. The van der Waals surface area contributed by atoms with Crippen molar-refractivity contribution >= 4 is 28.4 Å². The van der Waals surface area contributed by atoms with Gasteiger partial charge in [0.1, 0.15) is 11.6 Å². The first-order chi connectivity index (χ1) is 8.99. The zero-order valence-corrected chi connectivity index (χ0v) is 13.7. The van der Waals surface area contributed by atoms with Gasteiger partial charge in [0.15, 0.2) is 0 Å². The molecule has 0 aliphatic heterocycles. The summed E-state index contributed by atoms with van der Waals surface area (Å²) < 4.78 is 0.976. The predicted octanol–water partition coefficient (Wildman–Crippen LogP) is 3.43. The molecule has 0 aliphatic carbocycles. The van der Waals surface area contributed by atoms with Crippen LogP contribution < -0.4 is 5.73 Å². The first-order valence-corrected chi connectivity index (χ1v) is 7.45. The molecule has 19 heavy (non-hydrogen) atoms. The molecule has 1 heterocycles. The Morgan fingerprint density at radius 1 is 1.11 bits per heavy atom. The van der Waals surface area contributed by atoms with E-state index in [4.69, 9.17) is 5.73 Å². The van der Waals surface area contributed by atoms with Crippen LogP contribution in [0.3, 0.4) is 0 Å². The molecule has 2 rings (SSSR count). The second kappa shape index (κ2) is 5.86. The highest BCUT2D eigenvalue weighted by atomic mass is 127. The molecule has 100 valence electrons. The van der Waals surface area contributed by atoms with Gasteiger partial charge in [0.05, 0.1) is 9.26 Å². The molecule has 0 saturated heterocycles. The quantitative estimate of drug-likeness (QED) is 0.846. The molecule has 0 atom stereocenters. The van der Waals surface area contributed by atoms with Gasteiger partial charge in [-0.2, -0.15) is 0 Å². The van der Waals surface area contributed by atoms with E-state index in [1.165, 1.54) is 16.7 Å². The summed E-state index contributed by atoms with van der Waals surface area (Å²) in [6.45, 7) is 6.30. The fraction of sp³-hybridized carbons (Fsp3) is 0.333. The zero-order valence-electron chi connectivity index (χ0n) is 11.5. The number of nitrogens with two attached hydrogens (primary N) is 1. The van der Waals surface area contributed by atoms with Crippen molar-refractivity contribution in [3.8, 4) is 0 Å². The van der Waals surface area contributed by atoms with E-state index in [0.29, 0.717) is 5.82 Å². The summed E-state index contributed by atoms with van der Waals surface area (Å²) in [5.41, 5.74) is 10.8. The summed E-state index contributed by atoms with van der Waals surface area (Å²) in [5, 5.41) is 0. The van der Waals surface area contributed by atoms with E-state index in [1.54, 1.807) is 0 Å². The van der Waals surface area contributed by atoms with E-state index in [2.05, 4.69) is 71.5 Å². The van der Waals surface area contributed by atoms with Gasteiger partial charge in [-0.3, -0.25) is 0 Å². The minimum atomic E-state index is 0.590. The van der Waals surface area contributed by atoms with Gasteiger partial charge in [-0.1, -0.05) is 36.2 Å². The smallest absolute Gasteiger partial charge is 0.140 e. The number of aryl methyl sites for hydroxylation is 3. The lowest BCUT2D eigenvalue weighted by Crippen LogP contribution is -2.07. The van der Waals surface area contributed by atoms with E-state index in [9.17, 15) is 0 Å². The van der Waals surface area contributed by atoms with Gasteiger partial charge in [-0.25, -0.2) is 9.97 Å². The number of hydrogen-bond acceptors (Lipinski definition) is 3. The molecule has 0 radical (unpaired) electrons. The Morgan fingerprint density at radius 2 is 1.74 bits per heavy atom. The average molecular weight is 367 g/mol. The van der Waals surface area contributed by atoms with E-state index in [0.717, 1.165) is 27.9 Å². The Bertz CT molecular complexity index is 588. The number of rotatable bonds is 3. The van der Waals surface area contributed by atoms with Crippen LogP contribution in [0, 0.1) is 17.4 Å². The predicted molar refractivity (Wildman–Crippen MR) is 87.3 cm³/mol. The fourth-order valence-corrected chi connectivity index (χ4v) is 2.86. The van der Waals surface area contributed by atoms with Gasteiger partial charge >= 0.3 is 0 Å². The number of nitrogen functional groups attached to an aromatic ring is 1. The molecule has 1 aromatic carbocycles. The summed E-state index contributed by atoms with van der Waals surface area (Å²) in [4.78, 5) is 9.00. The minimum absolute atomic E-state index is 0.590. The van der Waals surface area contributed by atoms with Gasteiger partial charge in [0, 0.05) is 6.42 Å². The highest BCUT2D eigenvalue weighted by Gasteiger charge is 2.09. The lowest BCUT2D eigenvalue weighted by molar-refractivity contribution is 0.900. The number of hydrogen-bond donors (Lipinski definition) is 1. The first-order valence-electron chi connectivity index (χ1n) is 6.37.